The molecule has 2 N–H and O–H groups in total. The molecule has 100 valence electrons. The molecule has 2 aromatic rings. The molecule has 2 rings (SSSR count). The number of benzene rings is 2. The third-order valence-corrected chi connectivity index (χ3v) is 3.45. The van der Waals surface area contributed by atoms with E-state index < -0.39 is 0 Å². The molecule has 0 aliphatic rings. The highest BCUT2D eigenvalue weighted by atomic mass is 16.5. The minimum atomic E-state index is 0.595. The molecule has 2 nitrogen and oxygen atoms in total. The Kier molecular flexibility index (Phi) is 3.79. The van der Waals surface area contributed by atoms with E-state index in [1.54, 1.807) is 0 Å². The number of hydrogen-bond acceptors (Lipinski definition) is 2. The third-order valence-electron chi connectivity index (χ3n) is 3.45. The number of hydrogen-bond donors (Lipinski definition) is 1. The SMILES string of the molecule is Cc1ccc(C)c(COc2cc(C)c(N)cc2C)c1. The highest BCUT2D eigenvalue weighted by Crippen LogP contribution is 2.25. The summed E-state index contributed by atoms with van der Waals surface area (Å²) in [6.07, 6.45) is 0. The van der Waals surface area contributed by atoms with Crippen molar-refractivity contribution < 1.29 is 4.74 Å². The van der Waals surface area contributed by atoms with Crippen molar-refractivity contribution in [1.82, 2.24) is 0 Å². The monoisotopic (exact) mass is 255 g/mol. The van der Waals surface area contributed by atoms with Crippen LogP contribution in [0.2, 0.25) is 0 Å². The highest BCUT2D eigenvalue weighted by molar-refractivity contribution is 5.53. The molecule has 0 aromatic heterocycles. The maximum absolute atomic E-state index is 5.94. The molecule has 0 unspecified atom stereocenters. The van der Waals surface area contributed by atoms with E-state index in [0.29, 0.717) is 6.61 Å². The average Bonchev–Trinajstić information content (AvgIpc) is 2.36. The van der Waals surface area contributed by atoms with Crippen LogP contribution in [0.3, 0.4) is 0 Å². The van der Waals surface area contributed by atoms with Gasteiger partial charge in [0.1, 0.15) is 12.4 Å². The van der Waals surface area contributed by atoms with Gasteiger partial charge in [0.25, 0.3) is 0 Å². The number of rotatable bonds is 3. The summed E-state index contributed by atoms with van der Waals surface area (Å²) in [5, 5.41) is 0. The van der Waals surface area contributed by atoms with Crippen LogP contribution >= 0.6 is 0 Å². The number of aryl methyl sites for hydroxylation is 4. The summed E-state index contributed by atoms with van der Waals surface area (Å²) in [4.78, 5) is 0. The van der Waals surface area contributed by atoms with Gasteiger partial charge in [-0.05, 0) is 62.1 Å². The van der Waals surface area contributed by atoms with E-state index in [1.165, 1.54) is 16.7 Å². The third kappa shape index (κ3) is 3.08. The molecule has 0 saturated heterocycles. The summed E-state index contributed by atoms with van der Waals surface area (Å²) in [5.41, 5.74) is 12.6. The van der Waals surface area contributed by atoms with Crippen LogP contribution in [-0.2, 0) is 6.61 Å². The second-order valence-corrected chi connectivity index (χ2v) is 5.19. The normalized spacial score (nSPS) is 10.5. The summed E-state index contributed by atoms with van der Waals surface area (Å²) in [7, 11) is 0. The molecule has 2 aromatic carbocycles. The summed E-state index contributed by atoms with van der Waals surface area (Å²) < 4.78 is 5.94. The van der Waals surface area contributed by atoms with E-state index in [9.17, 15) is 0 Å². The Morgan fingerprint density at radius 1 is 0.895 bits per heavy atom. The fraction of sp³-hybridized carbons (Fsp3) is 0.294. The quantitative estimate of drug-likeness (QED) is 0.839. The fourth-order valence-corrected chi connectivity index (χ4v) is 2.08. The molecule has 0 heterocycles. The topological polar surface area (TPSA) is 35.2 Å². The van der Waals surface area contributed by atoms with Crippen molar-refractivity contribution in [2.75, 3.05) is 5.73 Å². The van der Waals surface area contributed by atoms with Crippen LogP contribution in [-0.4, -0.2) is 0 Å². The molecule has 0 aliphatic carbocycles. The van der Waals surface area contributed by atoms with Crippen LogP contribution in [0.5, 0.6) is 5.75 Å². The highest BCUT2D eigenvalue weighted by Gasteiger charge is 2.05. The van der Waals surface area contributed by atoms with Crippen molar-refractivity contribution in [3.8, 4) is 5.75 Å². The molecule has 0 saturated carbocycles. The maximum atomic E-state index is 5.94. The second kappa shape index (κ2) is 5.35. The summed E-state index contributed by atoms with van der Waals surface area (Å²) in [5.74, 6) is 0.910. The van der Waals surface area contributed by atoms with Gasteiger partial charge < -0.3 is 10.5 Å². The summed E-state index contributed by atoms with van der Waals surface area (Å²) >= 11 is 0. The Morgan fingerprint density at radius 2 is 1.63 bits per heavy atom. The lowest BCUT2D eigenvalue weighted by Crippen LogP contribution is -2.01. The Balaban J connectivity index is 2.19. The molecule has 19 heavy (non-hydrogen) atoms. The van der Waals surface area contributed by atoms with Gasteiger partial charge in [-0.1, -0.05) is 23.8 Å². The van der Waals surface area contributed by atoms with E-state index in [0.717, 1.165) is 22.6 Å². The summed E-state index contributed by atoms with van der Waals surface area (Å²) in [6, 6.07) is 10.4. The minimum absolute atomic E-state index is 0.595. The molecule has 0 amide bonds. The first kappa shape index (κ1) is 13.5. The molecule has 0 atom stereocenters. The fourth-order valence-electron chi connectivity index (χ4n) is 2.08. The average molecular weight is 255 g/mol. The van der Waals surface area contributed by atoms with E-state index in [2.05, 4.69) is 32.0 Å². The van der Waals surface area contributed by atoms with Crippen LogP contribution in [0.15, 0.2) is 30.3 Å². The van der Waals surface area contributed by atoms with Crippen molar-refractivity contribution in [1.29, 1.82) is 0 Å². The Labute approximate surface area is 115 Å². The van der Waals surface area contributed by atoms with Crippen molar-refractivity contribution in [2.24, 2.45) is 0 Å². The van der Waals surface area contributed by atoms with E-state index in [-0.39, 0.29) is 0 Å². The number of anilines is 1. The second-order valence-electron chi connectivity index (χ2n) is 5.19. The first-order valence-electron chi connectivity index (χ1n) is 6.53. The van der Waals surface area contributed by atoms with Gasteiger partial charge in [-0.25, -0.2) is 0 Å². The lowest BCUT2D eigenvalue weighted by molar-refractivity contribution is 0.303. The van der Waals surface area contributed by atoms with Gasteiger partial charge in [0.15, 0.2) is 0 Å². The number of ether oxygens (including phenoxy) is 1. The molecular weight excluding hydrogens is 234 g/mol. The van der Waals surface area contributed by atoms with Gasteiger partial charge in [0, 0.05) is 5.69 Å². The van der Waals surface area contributed by atoms with Crippen molar-refractivity contribution in [2.45, 2.75) is 34.3 Å². The number of nitrogens with two attached hydrogens (primary N) is 1. The standard InChI is InChI=1S/C17H21NO/c1-11-5-6-12(2)15(7-11)10-19-17-9-13(3)16(18)8-14(17)4/h5-9H,10,18H2,1-4H3. The molecular formula is C17H21NO. The van der Waals surface area contributed by atoms with Crippen LogP contribution in [0.1, 0.15) is 27.8 Å². The van der Waals surface area contributed by atoms with Crippen LogP contribution in [0.25, 0.3) is 0 Å². The smallest absolute Gasteiger partial charge is 0.123 e. The van der Waals surface area contributed by atoms with Crippen molar-refractivity contribution in [3.63, 3.8) is 0 Å². The molecule has 0 aliphatic heterocycles. The van der Waals surface area contributed by atoms with Gasteiger partial charge in [0.2, 0.25) is 0 Å². The van der Waals surface area contributed by atoms with Gasteiger partial charge in [-0.3, -0.25) is 0 Å². The molecule has 0 spiro atoms. The minimum Gasteiger partial charge on any atom is -0.489 e. The van der Waals surface area contributed by atoms with Gasteiger partial charge >= 0.3 is 0 Å². The zero-order chi connectivity index (χ0) is 14.0. The lowest BCUT2D eigenvalue weighted by atomic mass is 10.1. The van der Waals surface area contributed by atoms with Gasteiger partial charge in [0.05, 0.1) is 0 Å². The Bertz CT molecular complexity index is 602. The van der Waals surface area contributed by atoms with E-state index >= 15 is 0 Å². The van der Waals surface area contributed by atoms with E-state index in [4.69, 9.17) is 10.5 Å². The largest absolute Gasteiger partial charge is 0.489 e. The van der Waals surface area contributed by atoms with Gasteiger partial charge in [-0.15, -0.1) is 0 Å². The first-order chi connectivity index (χ1) is 8.97. The predicted molar refractivity (Wildman–Crippen MR) is 80.6 cm³/mol. The predicted octanol–water partition coefficient (Wildman–Crippen LogP) is 4.08. The van der Waals surface area contributed by atoms with Crippen molar-refractivity contribution in [3.05, 3.63) is 58.1 Å². The number of nitrogen functional groups attached to an aromatic ring is 1. The zero-order valence-electron chi connectivity index (χ0n) is 12.1. The van der Waals surface area contributed by atoms with Crippen LogP contribution < -0.4 is 10.5 Å². The zero-order valence-corrected chi connectivity index (χ0v) is 12.1. The maximum Gasteiger partial charge on any atom is 0.123 e. The molecule has 0 bridgehead atoms. The van der Waals surface area contributed by atoms with Crippen LogP contribution in [0.4, 0.5) is 5.69 Å². The first-order valence-corrected chi connectivity index (χ1v) is 6.53. The van der Waals surface area contributed by atoms with Gasteiger partial charge in [-0.2, -0.15) is 0 Å². The van der Waals surface area contributed by atoms with Crippen molar-refractivity contribution >= 4 is 5.69 Å². The van der Waals surface area contributed by atoms with E-state index in [1.807, 2.05) is 26.0 Å². The molecule has 0 radical (unpaired) electrons. The van der Waals surface area contributed by atoms with Crippen LogP contribution in [0, 0.1) is 27.7 Å². The Morgan fingerprint density at radius 3 is 2.37 bits per heavy atom. The summed E-state index contributed by atoms with van der Waals surface area (Å²) in [6.45, 7) is 8.83. The molecule has 0 fully saturated rings. The lowest BCUT2D eigenvalue weighted by Gasteiger charge is -2.13. The Hall–Kier alpha value is -1.96. The molecule has 2 heteroatoms.